The fraction of sp³-hybridized carbons (Fsp3) is 0.619. The van der Waals surface area contributed by atoms with Crippen LogP contribution in [0.5, 0.6) is 0 Å². The maximum absolute atomic E-state index is 12.6. The first-order valence-corrected chi connectivity index (χ1v) is 9.53. The maximum Gasteiger partial charge on any atom is 0.410 e. The number of benzene rings is 1. The zero-order chi connectivity index (χ0) is 18.9. The molecular formula is C21H30N2O3. The first kappa shape index (κ1) is 18.7. The Morgan fingerprint density at radius 1 is 1.19 bits per heavy atom. The van der Waals surface area contributed by atoms with Crippen LogP contribution in [0.4, 0.5) is 4.79 Å². The third-order valence-electron chi connectivity index (χ3n) is 5.58. The lowest BCUT2D eigenvalue weighted by Crippen LogP contribution is -2.43. The predicted octanol–water partition coefficient (Wildman–Crippen LogP) is 3.90. The lowest BCUT2D eigenvalue weighted by molar-refractivity contribution is -0.124. The van der Waals surface area contributed by atoms with E-state index >= 15 is 0 Å². The van der Waals surface area contributed by atoms with Gasteiger partial charge in [0.1, 0.15) is 5.60 Å². The highest BCUT2D eigenvalue weighted by Crippen LogP contribution is 2.59. The Hall–Kier alpha value is -2.04. The number of amides is 2. The van der Waals surface area contributed by atoms with Crippen LogP contribution in [0.25, 0.3) is 0 Å². The minimum Gasteiger partial charge on any atom is -0.444 e. The number of carbonyl (C=O) groups excluding carboxylic acids is 2. The van der Waals surface area contributed by atoms with Gasteiger partial charge in [0.25, 0.3) is 0 Å². The summed E-state index contributed by atoms with van der Waals surface area (Å²) in [5.74, 6) is 0.224. The lowest BCUT2D eigenvalue weighted by Gasteiger charge is -2.34. The Bertz CT molecular complexity index is 658. The summed E-state index contributed by atoms with van der Waals surface area (Å²) in [6, 6.07) is 10.0. The molecule has 1 N–H and O–H groups in total. The molecule has 2 aliphatic rings. The highest BCUT2D eigenvalue weighted by atomic mass is 16.6. The molecule has 142 valence electrons. The predicted molar refractivity (Wildman–Crippen MR) is 101 cm³/mol. The fourth-order valence-electron chi connectivity index (χ4n) is 3.87. The number of piperidine rings is 1. The molecule has 1 heterocycles. The highest BCUT2D eigenvalue weighted by Gasteiger charge is 2.59. The van der Waals surface area contributed by atoms with Crippen LogP contribution in [0, 0.1) is 11.3 Å². The molecule has 0 bridgehead atoms. The summed E-state index contributed by atoms with van der Waals surface area (Å²) in [5, 5.41) is 3.15. The molecule has 2 unspecified atom stereocenters. The van der Waals surface area contributed by atoms with Gasteiger partial charge < -0.3 is 15.0 Å². The zero-order valence-corrected chi connectivity index (χ0v) is 16.2. The Morgan fingerprint density at radius 3 is 2.38 bits per heavy atom. The number of hydrogen-bond donors (Lipinski definition) is 1. The van der Waals surface area contributed by atoms with E-state index in [0.717, 1.165) is 24.8 Å². The molecule has 2 amide bonds. The molecule has 5 heteroatoms. The van der Waals surface area contributed by atoms with Crippen LogP contribution in [-0.4, -0.2) is 35.6 Å². The first-order valence-electron chi connectivity index (χ1n) is 9.53. The summed E-state index contributed by atoms with van der Waals surface area (Å²) in [4.78, 5) is 26.6. The smallest absolute Gasteiger partial charge is 0.410 e. The van der Waals surface area contributed by atoms with E-state index in [4.69, 9.17) is 4.74 Å². The van der Waals surface area contributed by atoms with Crippen molar-refractivity contribution in [1.29, 1.82) is 0 Å². The molecule has 1 saturated carbocycles. The largest absolute Gasteiger partial charge is 0.444 e. The van der Waals surface area contributed by atoms with Gasteiger partial charge in [0.2, 0.25) is 5.91 Å². The number of likely N-dealkylation sites (tertiary alicyclic amines) is 1. The van der Waals surface area contributed by atoms with Crippen LogP contribution < -0.4 is 5.32 Å². The Balaban J connectivity index is 1.49. The van der Waals surface area contributed by atoms with E-state index in [1.165, 1.54) is 0 Å². The van der Waals surface area contributed by atoms with Gasteiger partial charge >= 0.3 is 6.09 Å². The van der Waals surface area contributed by atoms with Crippen LogP contribution >= 0.6 is 0 Å². The number of carbonyl (C=O) groups is 2. The minimum atomic E-state index is -0.470. The van der Waals surface area contributed by atoms with Crippen LogP contribution in [0.15, 0.2) is 30.3 Å². The average Bonchev–Trinajstić information content (AvgIpc) is 3.28. The van der Waals surface area contributed by atoms with Gasteiger partial charge in [0.15, 0.2) is 0 Å². The normalized spacial score (nSPS) is 22.6. The number of nitrogens with one attached hydrogen (secondary N) is 1. The number of ether oxygens (including phenoxy) is 1. The topological polar surface area (TPSA) is 58.6 Å². The second-order valence-electron chi connectivity index (χ2n) is 8.73. The minimum absolute atomic E-state index is 0.0169. The van der Waals surface area contributed by atoms with Gasteiger partial charge in [0.05, 0.1) is 6.04 Å². The van der Waals surface area contributed by atoms with E-state index in [-0.39, 0.29) is 29.4 Å². The number of hydrogen-bond acceptors (Lipinski definition) is 3. The average molecular weight is 358 g/mol. The van der Waals surface area contributed by atoms with E-state index < -0.39 is 5.60 Å². The molecule has 0 radical (unpaired) electrons. The third kappa shape index (κ3) is 4.19. The van der Waals surface area contributed by atoms with Gasteiger partial charge in [-0.2, -0.15) is 0 Å². The van der Waals surface area contributed by atoms with Gasteiger partial charge in [-0.1, -0.05) is 30.3 Å². The first-order chi connectivity index (χ1) is 12.2. The van der Waals surface area contributed by atoms with E-state index in [9.17, 15) is 9.59 Å². The highest BCUT2D eigenvalue weighted by molar-refractivity contribution is 5.83. The monoisotopic (exact) mass is 358 g/mol. The summed E-state index contributed by atoms with van der Waals surface area (Å²) in [6.45, 7) is 9.01. The van der Waals surface area contributed by atoms with Crippen molar-refractivity contribution in [3.8, 4) is 0 Å². The quantitative estimate of drug-likeness (QED) is 0.891. The zero-order valence-electron chi connectivity index (χ0n) is 16.2. The van der Waals surface area contributed by atoms with E-state index in [1.807, 2.05) is 58.0 Å². The molecule has 5 nitrogen and oxygen atoms in total. The van der Waals surface area contributed by atoms with Crippen molar-refractivity contribution in [2.24, 2.45) is 11.3 Å². The molecular weight excluding hydrogens is 328 g/mol. The number of rotatable bonds is 3. The van der Waals surface area contributed by atoms with Gasteiger partial charge in [-0.05, 0) is 57.9 Å². The summed E-state index contributed by atoms with van der Waals surface area (Å²) in [6.07, 6.45) is 2.45. The third-order valence-corrected chi connectivity index (χ3v) is 5.58. The Labute approximate surface area is 156 Å². The van der Waals surface area contributed by atoms with Crippen LogP contribution in [-0.2, 0) is 9.53 Å². The van der Waals surface area contributed by atoms with E-state index in [0.29, 0.717) is 13.1 Å². The van der Waals surface area contributed by atoms with Crippen LogP contribution in [0.2, 0.25) is 0 Å². The van der Waals surface area contributed by atoms with Crippen LogP contribution in [0.3, 0.4) is 0 Å². The van der Waals surface area contributed by atoms with Crippen molar-refractivity contribution in [1.82, 2.24) is 10.2 Å². The molecule has 1 aliphatic carbocycles. The molecule has 3 rings (SSSR count). The lowest BCUT2D eigenvalue weighted by atomic mass is 9.90. The van der Waals surface area contributed by atoms with E-state index in [2.05, 4.69) is 5.32 Å². The molecule has 2 atom stereocenters. The van der Waals surface area contributed by atoms with Crippen molar-refractivity contribution in [2.45, 2.75) is 58.6 Å². The molecule has 2 fully saturated rings. The molecule has 1 aromatic rings. The van der Waals surface area contributed by atoms with Crippen molar-refractivity contribution in [3.05, 3.63) is 35.9 Å². The van der Waals surface area contributed by atoms with Gasteiger partial charge in [-0.15, -0.1) is 0 Å². The second-order valence-corrected chi connectivity index (χ2v) is 8.73. The van der Waals surface area contributed by atoms with Gasteiger partial charge in [-0.3, -0.25) is 4.79 Å². The van der Waals surface area contributed by atoms with Crippen molar-refractivity contribution in [2.75, 3.05) is 13.1 Å². The Kier molecular flexibility index (Phi) is 5.00. The van der Waals surface area contributed by atoms with Gasteiger partial charge in [-0.25, -0.2) is 4.79 Å². The maximum atomic E-state index is 12.6. The summed E-state index contributed by atoms with van der Waals surface area (Å²) >= 11 is 0. The molecule has 1 aliphatic heterocycles. The van der Waals surface area contributed by atoms with Crippen molar-refractivity contribution in [3.63, 3.8) is 0 Å². The molecule has 26 heavy (non-hydrogen) atoms. The molecule has 1 saturated heterocycles. The number of nitrogens with zero attached hydrogens (tertiary/aromatic N) is 1. The van der Waals surface area contributed by atoms with Crippen LogP contribution in [0.1, 0.15) is 58.6 Å². The standard InChI is InChI=1S/C21H30N2O3/c1-15(16-8-6-5-7-9-16)22-18(24)17-14-21(17)10-12-23(13-11-21)19(25)26-20(2,3)4/h5-9,15,17H,10-14H2,1-4H3,(H,22,24). The van der Waals surface area contributed by atoms with Crippen molar-refractivity contribution >= 4 is 12.0 Å². The second kappa shape index (κ2) is 6.93. The summed E-state index contributed by atoms with van der Waals surface area (Å²) in [7, 11) is 0. The SMILES string of the molecule is CC(NC(=O)C1CC12CCN(C(=O)OC(C)(C)C)CC2)c1ccccc1. The summed E-state index contributed by atoms with van der Waals surface area (Å²) < 4.78 is 5.45. The fourth-order valence-corrected chi connectivity index (χ4v) is 3.87. The van der Waals surface area contributed by atoms with Gasteiger partial charge in [0, 0.05) is 19.0 Å². The Morgan fingerprint density at radius 2 is 1.81 bits per heavy atom. The molecule has 1 spiro atoms. The molecule has 0 aromatic heterocycles. The van der Waals surface area contributed by atoms with E-state index in [1.54, 1.807) is 4.90 Å². The summed E-state index contributed by atoms with van der Waals surface area (Å²) in [5.41, 5.74) is 0.733. The molecule has 1 aromatic carbocycles. The van der Waals surface area contributed by atoms with Crippen molar-refractivity contribution < 1.29 is 14.3 Å².